The molecule has 1 amide bonds. The predicted molar refractivity (Wildman–Crippen MR) is 115 cm³/mol. The molecule has 2 aromatic rings. The van der Waals surface area contributed by atoms with Crippen LogP contribution >= 0.6 is 0 Å². The number of ether oxygens (including phenoxy) is 1. The molecule has 1 aliphatic carbocycles. The van der Waals surface area contributed by atoms with E-state index in [4.69, 9.17) is 5.73 Å². The zero-order valence-electron chi connectivity index (χ0n) is 18.0. The van der Waals surface area contributed by atoms with E-state index in [2.05, 4.69) is 4.74 Å². The molecule has 1 aliphatic heterocycles. The number of para-hydroxylation sites is 1. The van der Waals surface area contributed by atoms with Gasteiger partial charge in [0.2, 0.25) is 0 Å². The molecule has 1 heterocycles. The Kier molecular flexibility index (Phi) is 5.86. The molecule has 2 aliphatic rings. The third kappa shape index (κ3) is 4.06. The van der Waals surface area contributed by atoms with E-state index >= 15 is 0 Å². The van der Waals surface area contributed by atoms with E-state index in [0.29, 0.717) is 17.7 Å². The highest BCUT2D eigenvalue weighted by Gasteiger charge is 2.54. The Morgan fingerprint density at radius 3 is 2.39 bits per heavy atom. The summed E-state index contributed by atoms with van der Waals surface area (Å²) in [4.78, 5) is 27.5. The second-order valence-electron chi connectivity index (χ2n) is 8.65. The van der Waals surface area contributed by atoms with Crippen molar-refractivity contribution in [3.63, 3.8) is 0 Å². The second-order valence-corrected chi connectivity index (χ2v) is 8.65. The monoisotopic (exact) mass is 462 g/mol. The zero-order valence-corrected chi connectivity index (χ0v) is 18.0. The number of hydrogen-bond donors (Lipinski definition) is 2. The molecule has 33 heavy (non-hydrogen) atoms. The molecule has 0 bridgehead atoms. The lowest BCUT2D eigenvalue weighted by atomic mass is 9.66. The summed E-state index contributed by atoms with van der Waals surface area (Å²) in [6.45, 7) is 1.75. The number of hydrogen-bond acceptors (Lipinski definition) is 4. The number of anilines is 1. The summed E-state index contributed by atoms with van der Waals surface area (Å²) in [6.07, 6.45) is -2.34. The standard InChI is InChI=1S/C24H25F3N2O4/c1-2-23(28,22(31)32)20-16-6-3-4-8-18(16)29(19-9-5-7-17(19)20)21(30)14-10-12-15(13-11-14)33-24(25,26)27/h3-4,6,8,10-13,17,19-20H,2,5,7,9,28H2,1H3,(H,31,32). The molecule has 176 valence electrons. The minimum Gasteiger partial charge on any atom is -0.480 e. The average molecular weight is 462 g/mol. The van der Waals surface area contributed by atoms with Crippen LogP contribution in [-0.4, -0.2) is 34.9 Å². The van der Waals surface area contributed by atoms with Gasteiger partial charge in [-0.25, -0.2) is 0 Å². The van der Waals surface area contributed by atoms with Gasteiger partial charge >= 0.3 is 12.3 Å². The summed E-state index contributed by atoms with van der Waals surface area (Å²) < 4.78 is 41.3. The lowest BCUT2D eigenvalue weighted by Gasteiger charge is -2.48. The fourth-order valence-electron chi connectivity index (χ4n) is 5.42. The number of halogens is 3. The SMILES string of the molecule is CCC(N)(C(=O)O)C1c2ccccc2N(C(=O)c2ccc(OC(F)(F)F)cc2)C2CCCC21. The van der Waals surface area contributed by atoms with E-state index in [0.717, 1.165) is 25.0 Å². The summed E-state index contributed by atoms with van der Waals surface area (Å²) in [5, 5.41) is 9.99. The van der Waals surface area contributed by atoms with Gasteiger partial charge in [-0.2, -0.15) is 0 Å². The summed E-state index contributed by atoms with van der Waals surface area (Å²) in [6, 6.07) is 11.7. The van der Waals surface area contributed by atoms with Crippen LogP contribution in [0.2, 0.25) is 0 Å². The predicted octanol–water partition coefficient (Wildman–Crippen LogP) is 4.69. The number of alkyl halides is 3. The van der Waals surface area contributed by atoms with Gasteiger partial charge in [0, 0.05) is 23.2 Å². The van der Waals surface area contributed by atoms with Crippen LogP contribution in [0.15, 0.2) is 48.5 Å². The summed E-state index contributed by atoms with van der Waals surface area (Å²) >= 11 is 0. The number of amides is 1. The maximum atomic E-state index is 13.6. The first kappa shape index (κ1) is 23.1. The molecule has 0 saturated heterocycles. The van der Waals surface area contributed by atoms with Gasteiger partial charge in [0.25, 0.3) is 5.91 Å². The smallest absolute Gasteiger partial charge is 0.480 e. The van der Waals surface area contributed by atoms with Crippen LogP contribution in [0.3, 0.4) is 0 Å². The molecule has 4 rings (SSSR count). The number of carboxylic acids is 1. The van der Waals surface area contributed by atoms with Crippen LogP contribution in [0.1, 0.15) is 54.4 Å². The highest BCUT2D eigenvalue weighted by Crippen LogP contribution is 2.53. The van der Waals surface area contributed by atoms with Crippen LogP contribution < -0.4 is 15.4 Å². The van der Waals surface area contributed by atoms with E-state index in [1.165, 1.54) is 12.1 Å². The zero-order chi connectivity index (χ0) is 24.0. The van der Waals surface area contributed by atoms with E-state index in [9.17, 15) is 27.9 Å². The van der Waals surface area contributed by atoms with Gasteiger partial charge < -0.3 is 20.5 Å². The number of benzene rings is 2. The number of carbonyl (C=O) groups is 2. The number of fused-ring (bicyclic) bond motifs is 2. The average Bonchev–Trinajstić information content (AvgIpc) is 3.24. The quantitative estimate of drug-likeness (QED) is 0.673. The minimum absolute atomic E-state index is 0.141. The lowest BCUT2D eigenvalue weighted by molar-refractivity contribution is -0.274. The molecule has 0 radical (unpaired) electrons. The maximum Gasteiger partial charge on any atom is 0.573 e. The third-order valence-corrected chi connectivity index (χ3v) is 6.91. The number of nitrogens with zero attached hydrogens (tertiary/aromatic N) is 1. The molecular formula is C24H25F3N2O4. The molecular weight excluding hydrogens is 437 g/mol. The van der Waals surface area contributed by atoms with Crippen molar-refractivity contribution in [2.75, 3.05) is 4.90 Å². The largest absolute Gasteiger partial charge is 0.573 e. The van der Waals surface area contributed by atoms with E-state index in [1.54, 1.807) is 30.0 Å². The molecule has 0 aromatic heterocycles. The summed E-state index contributed by atoms with van der Waals surface area (Å²) in [7, 11) is 0. The molecule has 1 fully saturated rings. The van der Waals surface area contributed by atoms with Crippen molar-refractivity contribution in [2.45, 2.75) is 56.5 Å². The van der Waals surface area contributed by atoms with Crippen LogP contribution in [0.4, 0.5) is 18.9 Å². The second kappa shape index (κ2) is 8.37. The molecule has 2 aromatic carbocycles. The Morgan fingerprint density at radius 2 is 1.79 bits per heavy atom. The number of rotatable bonds is 5. The third-order valence-electron chi connectivity index (χ3n) is 6.91. The first-order valence-corrected chi connectivity index (χ1v) is 10.9. The minimum atomic E-state index is -4.82. The van der Waals surface area contributed by atoms with Crippen molar-refractivity contribution in [3.05, 3.63) is 59.7 Å². The van der Waals surface area contributed by atoms with Crippen molar-refractivity contribution in [2.24, 2.45) is 11.7 Å². The van der Waals surface area contributed by atoms with Gasteiger partial charge in [0.15, 0.2) is 0 Å². The van der Waals surface area contributed by atoms with Crippen molar-refractivity contribution < 1.29 is 32.6 Å². The van der Waals surface area contributed by atoms with Crippen molar-refractivity contribution in [3.8, 4) is 5.75 Å². The van der Waals surface area contributed by atoms with E-state index < -0.39 is 29.5 Å². The molecule has 0 spiro atoms. The Labute approximate surface area is 189 Å². The van der Waals surface area contributed by atoms with E-state index in [-0.39, 0.29) is 29.9 Å². The number of nitrogens with two attached hydrogens (primary N) is 1. The van der Waals surface area contributed by atoms with Gasteiger partial charge in [-0.05, 0) is 61.1 Å². The van der Waals surface area contributed by atoms with Crippen LogP contribution in [0.5, 0.6) is 5.75 Å². The first-order chi connectivity index (χ1) is 15.6. The van der Waals surface area contributed by atoms with Gasteiger partial charge in [-0.15, -0.1) is 13.2 Å². The summed E-state index contributed by atoms with van der Waals surface area (Å²) in [5.74, 6) is -2.44. The maximum absolute atomic E-state index is 13.6. The molecule has 3 N–H and O–H groups in total. The molecule has 9 heteroatoms. The number of carbonyl (C=O) groups excluding carboxylic acids is 1. The fourth-order valence-corrected chi connectivity index (χ4v) is 5.42. The van der Waals surface area contributed by atoms with Crippen LogP contribution in [0, 0.1) is 5.92 Å². The lowest BCUT2D eigenvalue weighted by Crippen LogP contribution is -2.59. The molecule has 4 atom stereocenters. The Hall–Kier alpha value is -3.07. The van der Waals surface area contributed by atoms with E-state index in [1.807, 2.05) is 6.07 Å². The Balaban J connectivity index is 1.75. The summed E-state index contributed by atoms with van der Waals surface area (Å²) in [5.41, 5.74) is 6.52. The van der Waals surface area contributed by atoms with Crippen molar-refractivity contribution in [1.29, 1.82) is 0 Å². The van der Waals surface area contributed by atoms with Crippen LogP contribution in [0.25, 0.3) is 0 Å². The number of aliphatic carboxylic acids is 1. The van der Waals surface area contributed by atoms with Gasteiger partial charge in [0.1, 0.15) is 11.3 Å². The highest BCUT2D eigenvalue weighted by atomic mass is 19.4. The molecule has 6 nitrogen and oxygen atoms in total. The Bertz CT molecular complexity index is 1060. The van der Waals surface area contributed by atoms with Gasteiger partial charge in [-0.1, -0.05) is 31.5 Å². The molecule has 1 saturated carbocycles. The highest BCUT2D eigenvalue weighted by molar-refractivity contribution is 6.07. The Morgan fingerprint density at radius 1 is 1.12 bits per heavy atom. The first-order valence-electron chi connectivity index (χ1n) is 10.9. The molecule has 4 unspecified atom stereocenters. The van der Waals surface area contributed by atoms with Crippen molar-refractivity contribution in [1.82, 2.24) is 0 Å². The van der Waals surface area contributed by atoms with Crippen molar-refractivity contribution >= 4 is 17.6 Å². The normalized spacial score (nSPS) is 23.9. The topological polar surface area (TPSA) is 92.9 Å². The van der Waals surface area contributed by atoms with Crippen LogP contribution in [-0.2, 0) is 4.79 Å². The van der Waals surface area contributed by atoms with Gasteiger partial charge in [0.05, 0.1) is 0 Å². The number of carboxylic acid groups (broad SMARTS) is 1. The fraction of sp³-hybridized carbons (Fsp3) is 0.417. The van der Waals surface area contributed by atoms with Gasteiger partial charge in [-0.3, -0.25) is 9.59 Å².